The summed E-state index contributed by atoms with van der Waals surface area (Å²) in [5.74, 6) is 2.25. The van der Waals surface area contributed by atoms with Crippen LogP contribution in [-0.4, -0.2) is 60.9 Å². The fraction of sp³-hybridized carbons (Fsp3) is 0.485. The maximum Gasteiger partial charge on any atom is 0.318 e. The van der Waals surface area contributed by atoms with Gasteiger partial charge in [-0.1, -0.05) is 66.7 Å². The van der Waals surface area contributed by atoms with Gasteiger partial charge in [-0.2, -0.15) is 4.83 Å². The van der Waals surface area contributed by atoms with Gasteiger partial charge in [0.25, 0.3) is 0 Å². The van der Waals surface area contributed by atoms with E-state index in [1.807, 2.05) is 48.6 Å². The fourth-order valence-electron chi connectivity index (χ4n) is 5.68. The summed E-state index contributed by atoms with van der Waals surface area (Å²) in [6.45, 7) is 5.38. The SMILES string of the molecule is CSNN(C)c1ncnc2c1NCN2C1OC(COP(NC(C)CCCCC(=O)OCc2ccccc2Cl)Oc2ccc(Cl)cc2)CC1C. The molecule has 1 aromatic heterocycles. The molecule has 2 aliphatic rings. The Morgan fingerprint density at radius 2 is 2.00 bits per heavy atom. The molecule has 16 heteroatoms. The third kappa shape index (κ3) is 10.7. The lowest BCUT2D eigenvalue weighted by Gasteiger charge is -2.28. The van der Waals surface area contributed by atoms with Crippen LogP contribution in [0.25, 0.3) is 0 Å². The van der Waals surface area contributed by atoms with Gasteiger partial charge in [0.2, 0.25) is 0 Å². The van der Waals surface area contributed by atoms with Crippen LogP contribution in [0.5, 0.6) is 5.75 Å². The predicted molar refractivity (Wildman–Crippen MR) is 198 cm³/mol. The van der Waals surface area contributed by atoms with Gasteiger partial charge in [0.05, 0.1) is 19.4 Å². The van der Waals surface area contributed by atoms with E-state index in [9.17, 15) is 4.79 Å². The number of nitrogens with one attached hydrogen (secondary N) is 3. The highest BCUT2D eigenvalue weighted by Gasteiger charge is 2.41. The van der Waals surface area contributed by atoms with Crippen molar-refractivity contribution in [2.75, 3.05) is 41.8 Å². The van der Waals surface area contributed by atoms with E-state index in [1.165, 1.54) is 11.9 Å². The minimum Gasteiger partial charge on any atom is -0.461 e. The number of carbonyl (C=O) groups is 1. The number of hydrogen-bond acceptors (Lipinski definition) is 13. The van der Waals surface area contributed by atoms with Crippen LogP contribution in [0, 0.1) is 5.92 Å². The van der Waals surface area contributed by atoms with Crippen molar-refractivity contribution in [2.24, 2.45) is 5.92 Å². The first-order valence-electron chi connectivity index (χ1n) is 16.3. The van der Waals surface area contributed by atoms with E-state index in [-0.39, 0.29) is 36.9 Å². The molecule has 5 unspecified atom stereocenters. The number of halogens is 2. The molecule has 5 atom stereocenters. The summed E-state index contributed by atoms with van der Waals surface area (Å²) in [6, 6.07) is 14.7. The van der Waals surface area contributed by atoms with Crippen LogP contribution < -0.4 is 29.7 Å². The Morgan fingerprint density at radius 3 is 2.78 bits per heavy atom. The van der Waals surface area contributed by atoms with Crippen molar-refractivity contribution in [1.82, 2.24) is 19.9 Å². The number of rotatable bonds is 18. The van der Waals surface area contributed by atoms with E-state index in [4.69, 9.17) is 41.7 Å². The Balaban J connectivity index is 1.11. The van der Waals surface area contributed by atoms with Crippen LogP contribution in [0.3, 0.4) is 0 Å². The van der Waals surface area contributed by atoms with Crippen molar-refractivity contribution in [3.63, 3.8) is 0 Å². The molecule has 49 heavy (non-hydrogen) atoms. The number of esters is 1. The van der Waals surface area contributed by atoms with Crippen LogP contribution in [0.2, 0.25) is 10.0 Å². The standard InChI is InChI=1S/C33H44Cl2N7O5PS/c1-22-17-27(46-33(22)42-21-38-30-31(41(3)40-49-4)36-20-37-32(30)42)19-45-48(47-26-15-13-25(34)14-16-26)39-23(2)9-5-8-12-29(43)44-18-24-10-6-7-11-28(24)35/h6-7,10-11,13-16,20,22-23,27,33,38-40H,5,8-9,12,17-19,21H2,1-4H3. The predicted octanol–water partition coefficient (Wildman–Crippen LogP) is 7.55. The summed E-state index contributed by atoms with van der Waals surface area (Å²) < 4.78 is 24.6. The highest BCUT2D eigenvalue weighted by molar-refractivity contribution is 7.96. The van der Waals surface area contributed by atoms with Crippen molar-refractivity contribution in [3.05, 3.63) is 70.5 Å². The first kappa shape index (κ1) is 37.6. The fourth-order valence-corrected chi connectivity index (χ4v) is 7.64. The maximum absolute atomic E-state index is 12.3. The highest BCUT2D eigenvalue weighted by atomic mass is 35.5. The highest BCUT2D eigenvalue weighted by Crippen LogP contribution is 2.42. The monoisotopic (exact) mass is 751 g/mol. The second-order valence-corrected chi connectivity index (χ2v) is 14.7. The Labute approximate surface area is 304 Å². The van der Waals surface area contributed by atoms with E-state index in [0.29, 0.717) is 41.9 Å². The minimum absolute atomic E-state index is 0.0773. The van der Waals surface area contributed by atoms with Gasteiger partial charge in [0.15, 0.2) is 11.6 Å². The number of aromatic nitrogens is 2. The number of nitrogens with zero attached hydrogens (tertiary/aromatic N) is 4. The molecule has 2 aromatic carbocycles. The molecular formula is C33H44Cl2N7O5PS. The zero-order valence-corrected chi connectivity index (χ0v) is 31.3. The second kappa shape index (κ2) is 18.6. The van der Waals surface area contributed by atoms with Crippen LogP contribution >= 0.6 is 43.7 Å². The van der Waals surface area contributed by atoms with E-state index >= 15 is 0 Å². The molecule has 0 saturated carbocycles. The molecule has 5 rings (SSSR count). The first-order chi connectivity index (χ1) is 23.7. The molecular weight excluding hydrogens is 708 g/mol. The zero-order valence-electron chi connectivity index (χ0n) is 28.1. The largest absolute Gasteiger partial charge is 0.461 e. The summed E-state index contributed by atoms with van der Waals surface area (Å²) in [7, 11) is 0.418. The Bertz CT molecular complexity index is 1520. The van der Waals surface area contributed by atoms with E-state index in [0.717, 1.165) is 42.1 Å². The lowest BCUT2D eigenvalue weighted by Crippen LogP contribution is -2.39. The van der Waals surface area contributed by atoms with E-state index < -0.39 is 8.53 Å². The van der Waals surface area contributed by atoms with Gasteiger partial charge in [-0.3, -0.25) is 9.80 Å². The molecule has 0 spiro atoms. The maximum atomic E-state index is 12.3. The first-order valence-corrected chi connectivity index (χ1v) is 19.4. The number of unbranched alkanes of at least 4 members (excludes halogenated alkanes) is 1. The molecule has 1 fully saturated rings. The van der Waals surface area contributed by atoms with Crippen molar-refractivity contribution in [3.8, 4) is 5.75 Å². The summed E-state index contributed by atoms with van der Waals surface area (Å²) in [5, 5.41) is 10.1. The number of hydrazine groups is 1. The number of benzene rings is 2. The molecule has 0 amide bonds. The quantitative estimate of drug-likeness (QED) is 0.0390. The van der Waals surface area contributed by atoms with Crippen molar-refractivity contribution < 1.29 is 23.3 Å². The van der Waals surface area contributed by atoms with E-state index in [2.05, 4.69) is 44.0 Å². The van der Waals surface area contributed by atoms with Gasteiger partial charge in [-0.15, -0.1) is 0 Å². The molecule has 2 aliphatic heterocycles. The van der Waals surface area contributed by atoms with Gasteiger partial charge in [-0.05, 0) is 62.8 Å². The van der Waals surface area contributed by atoms with Crippen LogP contribution in [-0.2, 0) is 25.4 Å². The Kier molecular flexibility index (Phi) is 14.3. The number of carbonyl (C=O) groups excluding carboxylic acids is 1. The van der Waals surface area contributed by atoms with Crippen LogP contribution in [0.15, 0.2) is 54.9 Å². The Hall–Kier alpha value is -2.61. The number of anilines is 3. The lowest BCUT2D eigenvalue weighted by atomic mass is 10.1. The summed E-state index contributed by atoms with van der Waals surface area (Å²) >= 11 is 13.8. The zero-order chi connectivity index (χ0) is 34.8. The van der Waals surface area contributed by atoms with Gasteiger partial charge in [0.1, 0.15) is 30.6 Å². The smallest absolute Gasteiger partial charge is 0.318 e. The van der Waals surface area contributed by atoms with Gasteiger partial charge in [-0.25, -0.2) is 15.1 Å². The molecule has 0 bridgehead atoms. The molecule has 0 aliphatic carbocycles. The summed E-state index contributed by atoms with van der Waals surface area (Å²) in [4.78, 5) is 26.7. The van der Waals surface area contributed by atoms with Gasteiger partial charge >= 0.3 is 14.5 Å². The second-order valence-electron chi connectivity index (χ2n) is 12.0. The van der Waals surface area contributed by atoms with Crippen molar-refractivity contribution in [1.29, 1.82) is 0 Å². The van der Waals surface area contributed by atoms with Gasteiger partial charge < -0.3 is 28.7 Å². The van der Waals surface area contributed by atoms with Gasteiger partial charge in [0, 0.05) is 41.0 Å². The summed E-state index contributed by atoms with van der Waals surface area (Å²) in [5.41, 5.74) is 1.67. The molecule has 12 nitrogen and oxygen atoms in total. The number of ether oxygens (including phenoxy) is 2. The third-order valence-electron chi connectivity index (χ3n) is 8.13. The van der Waals surface area contributed by atoms with Crippen molar-refractivity contribution >= 4 is 67.0 Å². The average molecular weight is 753 g/mol. The van der Waals surface area contributed by atoms with Crippen molar-refractivity contribution in [2.45, 2.75) is 70.9 Å². The number of fused-ring (bicyclic) bond motifs is 1. The molecule has 3 heterocycles. The molecule has 1 saturated heterocycles. The van der Waals surface area contributed by atoms with Crippen LogP contribution in [0.1, 0.15) is 51.5 Å². The summed E-state index contributed by atoms with van der Waals surface area (Å²) in [6.07, 6.45) is 6.80. The van der Waals surface area contributed by atoms with Crippen LogP contribution in [0.4, 0.5) is 17.3 Å². The minimum atomic E-state index is -1.50. The average Bonchev–Trinajstić information content (AvgIpc) is 3.69. The molecule has 0 radical (unpaired) electrons. The topological polar surface area (TPSA) is 122 Å². The lowest BCUT2D eigenvalue weighted by molar-refractivity contribution is -0.145. The molecule has 3 aromatic rings. The van der Waals surface area contributed by atoms with E-state index in [1.54, 1.807) is 24.5 Å². The number of hydrogen-bond donors (Lipinski definition) is 3. The Morgan fingerprint density at radius 1 is 1.20 bits per heavy atom. The third-order valence-corrected chi connectivity index (χ3v) is 10.6. The normalized spacial score (nSPS) is 19.6. The molecule has 266 valence electrons. The molecule has 3 N–H and O–H groups in total.